The van der Waals surface area contributed by atoms with E-state index in [-0.39, 0.29) is 48.1 Å². The lowest BCUT2D eigenvalue weighted by Gasteiger charge is -2.35. The number of nitrogens with one attached hydrogen (secondary N) is 1. The Labute approximate surface area is 199 Å². The first-order chi connectivity index (χ1) is 16.2. The number of methoxy groups -OCH3 is 1. The zero-order chi connectivity index (χ0) is 24.8. The summed E-state index contributed by atoms with van der Waals surface area (Å²) in [6, 6.07) is 4.56. The third kappa shape index (κ3) is 5.88. The van der Waals surface area contributed by atoms with Gasteiger partial charge in [-0.05, 0) is 19.1 Å². The lowest BCUT2D eigenvalue weighted by Crippen LogP contribution is -2.48. The van der Waals surface area contributed by atoms with Crippen LogP contribution in [0.2, 0.25) is 0 Å². The molecule has 0 aliphatic carbocycles. The highest BCUT2D eigenvalue weighted by atomic mass is 16.5. The van der Waals surface area contributed by atoms with Gasteiger partial charge < -0.3 is 24.6 Å². The summed E-state index contributed by atoms with van der Waals surface area (Å²) in [6.45, 7) is 6.09. The Kier molecular flexibility index (Phi) is 8.17. The van der Waals surface area contributed by atoms with Crippen LogP contribution in [0.5, 0.6) is 5.75 Å². The number of aromatic nitrogens is 2. The van der Waals surface area contributed by atoms with Crippen molar-refractivity contribution in [1.82, 2.24) is 19.8 Å². The van der Waals surface area contributed by atoms with Gasteiger partial charge in [-0.25, -0.2) is 4.98 Å². The monoisotopic (exact) mass is 469 g/mol. The second-order valence-electron chi connectivity index (χ2n) is 8.54. The number of carbonyl (C=O) groups is 3. The van der Waals surface area contributed by atoms with Crippen LogP contribution in [0.4, 0.5) is 5.69 Å². The molecular formula is C24H31N5O5. The van der Waals surface area contributed by atoms with E-state index in [9.17, 15) is 14.4 Å². The summed E-state index contributed by atoms with van der Waals surface area (Å²) in [5.74, 6) is -0.477. The lowest BCUT2D eigenvalue weighted by atomic mass is 10.0. The van der Waals surface area contributed by atoms with E-state index in [4.69, 9.17) is 9.47 Å². The summed E-state index contributed by atoms with van der Waals surface area (Å²) in [5, 5.41) is 2.71. The van der Waals surface area contributed by atoms with Crippen molar-refractivity contribution in [3.8, 4) is 5.75 Å². The van der Waals surface area contributed by atoms with Crippen LogP contribution in [-0.4, -0.2) is 83.5 Å². The number of fused-ring (bicyclic) bond motifs is 1. The quantitative estimate of drug-likeness (QED) is 0.732. The molecule has 0 fully saturated rings. The first-order valence-corrected chi connectivity index (χ1v) is 11.1. The fraction of sp³-hybridized carbons (Fsp3) is 0.458. The number of likely N-dealkylation sites (N-methyl/N-ethyl adjacent to an activating group) is 1. The van der Waals surface area contributed by atoms with Gasteiger partial charge in [0.15, 0.2) is 0 Å². The topological polar surface area (TPSA) is 114 Å². The van der Waals surface area contributed by atoms with Gasteiger partial charge in [0.05, 0.1) is 23.9 Å². The zero-order valence-electron chi connectivity index (χ0n) is 20.1. The average Bonchev–Trinajstić information content (AvgIpc) is 2.82. The highest BCUT2D eigenvalue weighted by Gasteiger charge is 2.31. The van der Waals surface area contributed by atoms with Gasteiger partial charge in [0.25, 0.3) is 11.8 Å². The smallest absolute Gasteiger partial charge is 0.274 e. The maximum absolute atomic E-state index is 13.3. The minimum absolute atomic E-state index is 0.0793. The Hall–Kier alpha value is -3.53. The molecule has 2 heterocycles. The van der Waals surface area contributed by atoms with Crippen LogP contribution < -0.4 is 10.1 Å². The Morgan fingerprint density at radius 3 is 2.62 bits per heavy atom. The molecule has 182 valence electrons. The summed E-state index contributed by atoms with van der Waals surface area (Å²) in [6.07, 6.45) is 4.12. The fourth-order valence-corrected chi connectivity index (χ4v) is 3.89. The maximum atomic E-state index is 13.3. The van der Waals surface area contributed by atoms with E-state index >= 15 is 0 Å². The molecule has 1 aliphatic rings. The van der Waals surface area contributed by atoms with Crippen molar-refractivity contribution in [2.24, 2.45) is 5.92 Å². The number of anilines is 1. The predicted molar refractivity (Wildman–Crippen MR) is 126 cm³/mol. The molecule has 0 spiro atoms. The van der Waals surface area contributed by atoms with Crippen molar-refractivity contribution >= 4 is 23.4 Å². The Morgan fingerprint density at radius 1 is 1.21 bits per heavy atom. The molecule has 3 rings (SSSR count). The third-order valence-electron chi connectivity index (χ3n) is 5.81. The average molecular weight is 470 g/mol. The van der Waals surface area contributed by atoms with Crippen LogP contribution in [0, 0.1) is 5.92 Å². The van der Waals surface area contributed by atoms with Gasteiger partial charge in [-0.1, -0.05) is 6.92 Å². The Balaban J connectivity index is 2.00. The molecule has 2 aromatic rings. The molecule has 0 radical (unpaired) electrons. The normalized spacial score (nSPS) is 21.6. The molecule has 10 nitrogen and oxygen atoms in total. The van der Waals surface area contributed by atoms with Crippen molar-refractivity contribution < 1.29 is 23.9 Å². The minimum Gasteiger partial charge on any atom is -0.491 e. The number of rotatable bonds is 3. The van der Waals surface area contributed by atoms with E-state index in [2.05, 4.69) is 15.3 Å². The van der Waals surface area contributed by atoms with Crippen molar-refractivity contribution in [3.63, 3.8) is 0 Å². The van der Waals surface area contributed by atoms with E-state index in [0.717, 1.165) is 0 Å². The number of ether oxygens (including phenoxy) is 2. The number of benzene rings is 1. The summed E-state index contributed by atoms with van der Waals surface area (Å²) in [5.41, 5.74) is 1.11. The van der Waals surface area contributed by atoms with Crippen molar-refractivity contribution in [3.05, 3.63) is 48.0 Å². The van der Waals surface area contributed by atoms with Gasteiger partial charge in [-0.15, -0.1) is 0 Å². The number of hydrogen-bond acceptors (Lipinski definition) is 7. The van der Waals surface area contributed by atoms with Crippen LogP contribution in [-0.2, 0) is 9.53 Å². The molecule has 0 bridgehead atoms. The molecule has 3 amide bonds. The molecule has 1 aromatic carbocycles. The van der Waals surface area contributed by atoms with Gasteiger partial charge in [0, 0.05) is 64.2 Å². The SMILES string of the molecule is CO[C@@H]1CN(C)C(=O)c2ccc(NC(C)=O)cc2OC[C@H](C)N(C(=O)c2cnccn2)C[C@H]1C. The van der Waals surface area contributed by atoms with Crippen LogP contribution in [0.3, 0.4) is 0 Å². The molecule has 0 unspecified atom stereocenters. The summed E-state index contributed by atoms with van der Waals surface area (Å²) >= 11 is 0. The maximum Gasteiger partial charge on any atom is 0.274 e. The number of nitrogens with zero attached hydrogens (tertiary/aromatic N) is 4. The molecule has 34 heavy (non-hydrogen) atoms. The fourth-order valence-electron chi connectivity index (χ4n) is 3.89. The van der Waals surface area contributed by atoms with Gasteiger partial charge in [0.2, 0.25) is 5.91 Å². The number of carbonyl (C=O) groups excluding carboxylic acids is 3. The summed E-state index contributed by atoms with van der Waals surface area (Å²) in [7, 11) is 3.30. The van der Waals surface area contributed by atoms with E-state index in [1.54, 1.807) is 42.2 Å². The molecule has 3 atom stereocenters. The van der Waals surface area contributed by atoms with Gasteiger partial charge in [-0.3, -0.25) is 19.4 Å². The van der Waals surface area contributed by atoms with Crippen molar-refractivity contribution in [2.75, 3.05) is 39.2 Å². The molecule has 1 aliphatic heterocycles. The van der Waals surface area contributed by atoms with Crippen LogP contribution >= 0.6 is 0 Å². The van der Waals surface area contributed by atoms with Crippen LogP contribution in [0.25, 0.3) is 0 Å². The van der Waals surface area contributed by atoms with Crippen LogP contribution in [0.15, 0.2) is 36.8 Å². The first kappa shape index (κ1) is 25.1. The van der Waals surface area contributed by atoms with E-state index in [1.165, 1.54) is 25.5 Å². The lowest BCUT2D eigenvalue weighted by molar-refractivity contribution is -0.114. The predicted octanol–water partition coefficient (Wildman–Crippen LogP) is 2.08. The highest BCUT2D eigenvalue weighted by molar-refractivity contribution is 5.98. The van der Waals surface area contributed by atoms with E-state index in [1.807, 2.05) is 13.8 Å². The third-order valence-corrected chi connectivity index (χ3v) is 5.81. The molecule has 10 heteroatoms. The first-order valence-electron chi connectivity index (χ1n) is 11.1. The van der Waals surface area contributed by atoms with Gasteiger partial charge >= 0.3 is 0 Å². The van der Waals surface area contributed by atoms with Crippen molar-refractivity contribution in [2.45, 2.75) is 32.9 Å². The van der Waals surface area contributed by atoms with E-state index in [0.29, 0.717) is 30.1 Å². The number of hydrogen-bond donors (Lipinski definition) is 1. The Bertz CT molecular complexity index is 1030. The highest BCUT2D eigenvalue weighted by Crippen LogP contribution is 2.27. The molecule has 1 aromatic heterocycles. The van der Waals surface area contributed by atoms with Gasteiger partial charge in [0.1, 0.15) is 18.1 Å². The standard InChI is InChI=1S/C24H31N5O5/c1-15-12-29(24(32)20-11-25-8-9-26-20)16(2)14-34-21-10-18(27-17(3)30)6-7-19(21)23(31)28(4)13-22(15)33-5/h6-11,15-16,22H,12-14H2,1-5H3,(H,27,30)/t15-,16+,22-/m1/s1. The second kappa shape index (κ2) is 11.1. The minimum atomic E-state index is -0.348. The molecule has 0 saturated heterocycles. The van der Waals surface area contributed by atoms with Crippen LogP contribution in [0.1, 0.15) is 41.6 Å². The van der Waals surface area contributed by atoms with Gasteiger partial charge in [-0.2, -0.15) is 0 Å². The summed E-state index contributed by atoms with van der Waals surface area (Å²) < 4.78 is 11.8. The molecule has 0 saturated carbocycles. The largest absolute Gasteiger partial charge is 0.491 e. The molecule has 1 N–H and O–H groups in total. The number of amides is 3. The molecular weight excluding hydrogens is 438 g/mol. The van der Waals surface area contributed by atoms with E-state index < -0.39 is 0 Å². The van der Waals surface area contributed by atoms with Crippen molar-refractivity contribution in [1.29, 1.82) is 0 Å². The second-order valence-corrected chi connectivity index (χ2v) is 8.54. The summed E-state index contributed by atoms with van der Waals surface area (Å²) in [4.78, 5) is 49.5. The Morgan fingerprint density at radius 2 is 1.97 bits per heavy atom. The zero-order valence-corrected chi connectivity index (χ0v) is 20.1.